The minimum absolute atomic E-state index is 0.0136. The molecule has 0 amide bonds. The topological polar surface area (TPSA) is 53.1 Å². The van der Waals surface area contributed by atoms with Gasteiger partial charge >= 0.3 is 0 Å². The molecule has 2 aromatic rings. The zero-order valence-electron chi connectivity index (χ0n) is 11.6. The van der Waals surface area contributed by atoms with Gasteiger partial charge in [0.05, 0.1) is 5.57 Å². The fourth-order valence-corrected chi connectivity index (χ4v) is 2.67. The van der Waals surface area contributed by atoms with Crippen molar-refractivity contribution in [3.05, 3.63) is 53.4 Å². The van der Waals surface area contributed by atoms with Gasteiger partial charge in [0.1, 0.15) is 5.76 Å². The lowest BCUT2D eigenvalue weighted by Gasteiger charge is -2.25. The zero-order valence-corrected chi connectivity index (χ0v) is 11.6. The van der Waals surface area contributed by atoms with Crippen LogP contribution in [0.2, 0.25) is 0 Å². The van der Waals surface area contributed by atoms with Crippen molar-refractivity contribution in [3.63, 3.8) is 0 Å². The predicted octanol–water partition coefficient (Wildman–Crippen LogP) is 3.99. The van der Waals surface area contributed by atoms with Gasteiger partial charge < -0.3 is 10.1 Å². The molecule has 0 radical (unpaired) electrons. The first-order valence-corrected chi connectivity index (χ1v) is 6.69. The Kier molecular flexibility index (Phi) is 2.78. The molecule has 102 valence electrons. The summed E-state index contributed by atoms with van der Waals surface area (Å²) in [5.41, 5.74) is 2.06. The molecule has 0 unspecified atom stereocenters. The van der Waals surface area contributed by atoms with E-state index in [1.807, 2.05) is 44.3 Å². The van der Waals surface area contributed by atoms with Crippen LogP contribution >= 0.6 is 0 Å². The molecule has 3 nitrogen and oxygen atoms in total. The number of H-pyrrole nitrogens is 1. The van der Waals surface area contributed by atoms with Crippen LogP contribution in [0.4, 0.5) is 0 Å². The number of rotatable bonds is 1. The highest BCUT2D eigenvalue weighted by Gasteiger charge is 2.30. The smallest absolute Gasteiger partial charge is 0.167 e. The molecule has 0 spiro atoms. The SMILES string of the molecule is CC1(C)C=C(O)/C(=C/c2c[nH]c3ccccc23)C(=O)C1. The molecule has 20 heavy (non-hydrogen) atoms. The second kappa shape index (κ2) is 4.37. The van der Waals surface area contributed by atoms with Gasteiger partial charge in [-0.05, 0) is 23.6 Å². The van der Waals surface area contributed by atoms with Crippen molar-refractivity contribution in [2.24, 2.45) is 5.41 Å². The number of aromatic nitrogens is 1. The molecule has 3 rings (SSSR count). The summed E-state index contributed by atoms with van der Waals surface area (Å²) in [6.07, 6.45) is 5.81. The molecule has 0 bridgehead atoms. The minimum Gasteiger partial charge on any atom is -0.508 e. The standard InChI is InChI=1S/C17H17NO2/c1-17(2)8-15(19)13(16(20)9-17)7-11-10-18-14-6-4-3-5-12(11)14/h3-8,10,18-19H,9H2,1-2H3/b13-7-. The number of ketones is 1. The van der Waals surface area contributed by atoms with Gasteiger partial charge in [-0.3, -0.25) is 4.79 Å². The summed E-state index contributed by atoms with van der Waals surface area (Å²) >= 11 is 0. The number of allylic oxidation sites excluding steroid dienone is 2. The summed E-state index contributed by atoms with van der Waals surface area (Å²) in [5, 5.41) is 11.2. The van der Waals surface area contributed by atoms with Crippen LogP contribution in [0.1, 0.15) is 25.8 Å². The third kappa shape index (κ3) is 2.16. The number of aliphatic hydroxyl groups is 1. The van der Waals surface area contributed by atoms with Gasteiger partial charge in [-0.25, -0.2) is 0 Å². The van der Waals surface area contributed by atoms with Crippen molar-refractivity contribution >= 4 is 22.8 Å². The van der Waals surface area contributed by atoms with Gasteiger partial charge in [0.15, 0.2) is 5.78 Å². The number of hydrogen-bond donors (Lipinski definition) is 2. The number of aliphatic hydroxyl groups excluding tert-OH is 1. The second-order valence-electron chi connectivity index (χ2n) is 5.97. The quantitative estimate of drug-likeness (QED) is 0.767. The molecule has 0 saturated carbocycles. The van der Waals surface area contributed by atoms with E-state index in [1.54, 1.807) is 12.2 Å². The lowest BCUT2D eigenvalue weighted by Crippen LogP contribution is -2.22. The van der Waals surface area contributed by atoms with Gasteiger partial charge in [0, 0.05) is 29.1 Å². The van der Waals surface area contributed by atoms with Crippen LogP contribution in [0, 0.1) is 5.41 Å². The summed E-state index contributed by atoms with van der Waals surface area (Å²) in [4.78, 5) is 15.4. The number of benzene rings is 1. The molecular formula is C17H17NO2. The molecular weight excluding hydrogens is 250 g/mol. The first kappa shape index (κ1) is 12.7. The Balaban J connectivity index is 2.10. The number of carbonyl (C=O) groups is 1. The van der Waals surface area contributed by atoms with E-state index >= 15 is 0 Å². The first-order chi connectivity index (χ1) is 9.46. The van der Waals surface area contributed by atoms with Gasteiger partial charge in [-0.15, -0.1) is 0 Å². The van der Waals surface area contributed by atoms with Gasteiger partial charge in [-0.2, -0.15) is 0 Å². The van der Waals surface area contributed by atoms with Crippen molar-refractivity contribution in [2.75, 3.05) is 0 Å². The Bertz CT molecular complexity index is 747. The van der Waals surface area contributed by atoms with Crippen LogP contribution in [-0.4, -0.2) is 15.9 Å². The zero-order chi connectivity index (χ0) is 14.3. The summed E-state index contributed by atoms with van der Waals surface area (Å²) in [7, 11) is 0. The molecule has 0 fully saturated rings. The maximum atomic E-state index is 12.2. The first-order valence-electron chi connectivity index (χ1n) is 6.69. The monoisotopic (exact) mass is 267 g/mol. The van der Waals surface area contributed by atoms with Crippen LogP contribution in [0.5, 0.6) is 0 Å². The third-order valence-corrected chi connectivity index (χ3v) is 3.64. The van der Waals surface area contributed by atoms with E-state index in [1.165, 1.54) is 0 Å². The average Bonchev–Trinajstić information content (AvgIpc) is 2.76. The highest BCUT2D eigenvalue weighted by atomic mass is 16.3. The highest BCUT2D eigenvalue weighted by Crippen LogP contribution is 2.34. The third-order valence-electron chi connectivity index (χ3n) is 3.64. The van der Waals surface area contributed by atoms with Gasteiger partial charge in [0.2, 0.25) is 0 Å². The summed E-state index contributed by atoms with van der Waals surface area (Å²) in [5.74, 6) is 0.0665. The van der Waals surface area contributed by atoms with E-state index in [9.17, 15) is 9.90 Å². The van der Waals surface area contributed by atoms with Crippen molar-refractivity contribution in [1.29, 1.82) is 0 Å². The molecule has 1 heterocycles. The number of hydrogen-bond acceptors (Lipinski definition) is 2. The summed E-state index contributed by atoms with van der Waals surface area (Å²) < 4.78 is 0. The van der Waals surface area contributed by atoms with Crippen LogP contribution in [0.3, 0.4) is 0 Å². The summed E-state index contributed by atoms with van der Waals surface area (Å²) in [6.45, 7) is 3.90. The number of nitrogens with one attached hydrogen (secondary N) is 1. The van der Waals surface area contributed by atoms with Crippen LogP contribution < -0.4 is 0 Å². The molecule has 0 saturated heterocycles. The predicted molar refractivity (Wildman–Crippen MR) is 80.4 cm³/mol. The van der Waals surface area contributed by atoms with E-state index in [0.29, 0.717) is 12.0 Å². The Morgan fingerprint density at radius 3 is 2.80 bits per heavy atom. The maximum absolute atomic E-state index is 12.2. The van der Waals surface area contributed by atoms with Gasteiger partial charge in [-0.1, -0.05) is 32.0 Å². The Labute approximate surface area is 117 Å². The molecule has 1 aromatic heterocycles. The highest BCUT2D eigenvalue weighted by molar-refractivity contribution is 6.06. The normalized spacial score (nSPS) is 20.4. The fourth-order valence-electron chi connectivity index (χ4n) is 2.67. The van der Waals surface area contributed by atoms with Crippen LogP contribution in [-0.2, 0) is 4.79 Å². The number of aromatic amines is 1. The van der Waals surface area contributed by atoms with E-state index in [2.05, 4.69) is 4.98 Å². The van der Waals surface area contributed by atoms with E-state index in [0.717, 1.165) is 16.5 Å². The maximum Gasteiger partial charge on any atom is 0.167 e. The van der Waals surface area contributed by atoms with Crippen molar-refractivity contribution in [1.82, 2.24) is 4.98 Å². The van der Waals surface area contributed by atoms with Crippen molar-refractivity contribution < 1.29 is 9.90 Å². The summed E-state index contributed by atoms with van der Waals surface area (Å²) in [6, 6.07) is 7.90. The molecule has 2 N–H and O–H groups in total. The molecule has 0 aliphatic heterocycles. The fraction of sp³-hybridized carbons (Fsp3) is 0.235. The van der Waals surface area contributed by atoms with E-state index < -0.39 is 0 Å². The number of Topliss-reactive ketones (excluding diaryl/α,β-unsaturated/α-hetero) is 1. The molecule has 0 atom stereocenters. The number of para-hydroxylation sites is 1. The molecule has 1 aliphatic carbocycles. The molecule has 1 aliphatic rings. The lowest BCUT2D eigenvalue weighted by molar-refractivity contribution is -0.117. The molecule has 1 aromatic carbocycles. The Hall–Kier alpha value is -2.29. The molecule has 3 heteroatoms. The second-order valence-corrected chi connectivity index (χ2v) is 5.97. The average molecular weight is 267 g/mol. The van der Waals surface area contributed by atoms with E-state index in [-0.39, 0.29) is 17.0 Å². The van der Waals surface area contributed by atoms with E-state index in [4.69, 9.17) is 0 Å². The minimum atomic E-state index is -0.279. The van der Waals surface area contributed by atoms with Gasteiger partial charge in [0.25, 0.3) is 0 Å². The van der Waals surface area contributed by atoms with Crippen molar-refractivity contribution in [2.45, 2.75) is 20.3 Å². The Morgan fingerprint density at radius 2 is 2.05 bits per heavy atom. The van der Waals surface area contributed by atoms with Crippen LogP contribution in [0.15, 0.2) is 47.9 Å². The van der Waals surface area contributed by atoms with Crippen LogP contribution in [0.25, 0.3) is 17.0 Å². The number of fused-ring (bicyclic) bond motifs is 1. The Morgan fingerprint density at radius 1 is 1.30 bits per heavy atom. The number of carbonyl (C=O) groups excluding carboxylic acids is 1. The van der Waals surface area contributed by atoms with Crippen molar-refractivity contribution in [3.8, 4) is 0 Å². The lowest BCUT2D eigenvalue weighted by atomic mass is 9.79. The largest absolute Gasteiger partial charge is 0.508 e.